The summed E-state index contributed by atoms with van der Waals surface area (Å²) in [6.45, 7) is -0.386. The first-order valence-electron chi connectivity index (χ1n) is 3.90. The van der Waals surface area contributed by atoms with Crippen LogP contribution in [0.4, 0.5) is 5.69 Å². The molecule has 1 aromatic rings. The number of halogens is 1. The fraction of sp³-hybridized carbons (Fsp3) is 0.250. The Morgan fingerprint density at radius 1 is 1.43 bits per heavy atom. The molecule has 0 bridgehead atoms. The van der Waals surface area contributed by atoms with Crippen LogP contribution >= 0.6 is 15.9 Å². The summed E-state index contributed by atoms with van der Waals surface area (Å²) < 4.78 is 25.6. The molecule has 0 aliphatic heterocycles. The Labute approximate surface area is 91.1 Å². The summed E-state index contributed by atoms with van der Waals surface area (Å²) in [5.41, 5.74) is 0.479. The molecule has 0 amide bonds. The van der Waals surface area contributed by atoms with Gasteiger partial charge in [0.05, 0.1) is 12.4 Å². The van der Waals surface area contributed by atoms with Gasteiger partial charge in [-0.05, 0) is 18.2 Å². The SMILES string of the molecule is O=S(=O)(CCO)Nc1cccc(Br)c1. The van der Waals surface area contributed by atoms with Crippen molar-refractivity contribution >= 4 is 31.6 Å². The lowest BCUT2D eigenvalue weighted by atomic mass is 10.3. The lowest BCUT2D eigenvalue weighted by Gasteiger charge is -2.06. The highest BCUT2D eigenvalue weighted by molar-refractivity contribution is 9.10. The molecular formula is C8H10BrNO3S. The molecule has 0 heterocycles. The third-order valence-electron chi connectivity index (χ3n) is 1.46. The average Bonchev–Trinajstić information content (AvgIpc) is 2.02. The molecule has 0 saturated heterocycles. The van der Waals surface area contributed by atoms with Crippen LogP contribution in [0.5, 0.6) is 0 Å². The summed E-state index contributed by atoms with van der Waals surface area (Å²) in [6, 6.07) is 6.80. The van der Waals surface area contributed by atoms with Gasteiger partial charge in [-0.2, -0.15) is 0 Å². The van der Waals surface area contributed by atoms with Gasteiger partial charge in [0, 0.05) is 10.2 Å². The summed E-state index contributed by atoms with van der Waals surface area (Å²) in [6.07, 6.45) is 0. The van der Waals surface area contributed by atoms with Gasteiger partial charge >= 0.3 is 0 Å². The first-order chi connectivity index (χ1) is 6.53. The lowest BCUT2D eigenvalue weighted by molar-refractivity contribution is 0.320. The van der Waals surface area contributed by atoms with Crippen LogP contribution in [0.15, 0.2) is 28.7 Å². The number of anilines is 1. The zero-order chi connectivity index (χ0) is 10.6. The highest BCUT2D eigenvalue weighted by Crippen LogP contribution is 2.16. The van der Waals surface area contributed by atoms with Crippen molar-refractivity contribution in [2.45, 2.75) is 0 Å². The van der Waals surface area contributed by atoms with Gasteiger partial charge in [0.2, 0.25) is 10.0 Å². The molecule has 0 fully saturated rings. The molecule has 14 heavy (non-hydrogen) atoms. The predicted octanol–water partition coefficient (Wildman–Crippen LogP) is 1.18. The molecule has 4 nitrogen and oxygen atoms in total. The van der Waals surface area contributed by atoms with Crippen LogP contribution in [0.3, 0.4) is 0 Å². The molecule has 78 valence electrons. The van der Waals surface area contributed by atoms with Gasteiger partial charge in [0.1, 0.15) is 0 Å². The monoisotopic (exact) mass is 279 g/mol. The van der Waals surface area contributed by atoms with Gasteiger partial charge in [-0.25, -0.2) is 8.42 Å². The Kier molecular flexibility index (Phi) is 3.91. The Bertz CT molecular complexity index is 405. The normalized spacial score (nSPS) is 11.3. The molecule has 0 aliphatic carbocycles. The van der Waals surface area contributed by atoms with E-state index >= 15 is 0 Å². The van der Waals surface area contributed by atoms with Crippen LogP contribution < -0.4 is 4.72 Å². The van der Waals surface area contributed by atoms with Crippen LogP contribution in [0.2, 0.25) is 0 Å². The van der Waals surface area contributed by atoms with Gasteiger partial charge in [-0.3, -0.25) is 4.72 Å². The standard InChI is InChI=1S/C8H10BrNO3S/c9-7-2-1-3-8(6-7)10-14(12,13)5-4-11/h1-3,6,10-11H,4-5H2. The topological polar surface area (TPSA) is 66.4 Å². The van der Waals surface area contributed by atoms with Gasteiger partial charge in [-0.1, -0.05) is 22.0 Å². The maximum absolute atomic E-state index is 11.2. The minimum atomic E-state index is -3.42. The van der Waals surface area contributed by atoms with Crippen LogP contribution in [-0.4, -0.2) is 25.9 Å². The molecule has 0 aliphatic rings. The highest BCUT2D eigenvalue weighted by Gasteiger charge is 2.08. The van der Waals surface area contributed by atoms with Crippen LogP contribution in [0, 0.1) is 0 Å². The van der Waals surface area contributed by atoms with Gasteiger partial charge < -0.3 is 5.11 Å². The number of sulfonamides is 1. The fourth-order valence-corrected chi connectivity index (χ4v) is 2.13. The highest BCUT2D eigenvalue weighted by atomic mass is 79.9. The van der Waals surface area contributed by atoms with Crippen molar-refractivity contribution < 1.29 is 13.5 Å². The zero-order valence-corrected chi connectivity index (χ0v) is 9.68. The van der Waals surface area contributed by atoms with Crippen molar-refractivity contribution in [3.8, 4) is 0 Å². The Morgan fingerprint density at radius 2 is 2.14 bits per heavy atom. The predicted molar refractivity (Wildman–Crippen MR) is 58.6 cm³/mol. The number of aliphatic hydroxyl groups is 1. The van der Waals surface area contributed by atoms with E-state index in [0.717, 1.165) is 4.47 Å². The van der Waals surface area contributed by atoms with Crippen LogP contribution in [0.25, 0.3) is 0 Å². The van der Waals surface area contributed by atoms with Gasteiger partial charge in [0.25, 0.3) is 0 Å². The number of rotatable bonds is 4. The van der Waals surface area contributed by atoms with Crippen molar-refractivity contribution in [1.82, 2.24) is 0 Å². The fourth-order valence-electron chi connectivity index (χ4n) is 0.903. The number of hydrogen-bond acceptors (Lipinski definition) is 3. The maximum Gasteiger partial charge on any atom is 0.234 e. The summed E-state index contributed by atoms with van der Waals surface area (Å²) in [5, 5.41) is 8.51. The molecule has 0 unspecified atom stereocenters. The van der Waals surface area contributed by atoms with E-state index in [9.17, 15) is 8.42 Å². The van der Waals surface area contributed by atoms with Crippen molar-refractivity contribution in [1.29, 1.82) is 0 Å². The average molecular weight is 280 g/mol. The minimum absolute atomic E-state index is 0.292. The van der Waals surface area contributed by atoms with Crippen molar-refractivity contribution in [3.63, 3.8) is 0 Å². The van der Waals surface area contributed by atoms with E-state index in [1.54, 1.807) is 24.3 Å². The molecule has 2 N–H and O–H groups in total. The van der Waals surface area contributed by atoms with Crippen molar-refractivity contribution in [2.75, 3.05) is 17.1 Å². The van der Waals surface area contributed by atoms with Crippen LogP contribution in [-0.2, 0) is 10.0 Å². The van der Waals surface area contributed by atoms with Crippen LogP contribution in [0.1, 0.15) is 0 Å². The summed E-state index contributed by atoms with van der Waals surface area (Å²) >= 11 is 3.22. The largest absolute Gasteiger partial charge is 0.395 e. The number of benzene rings is 1. The second kappa shape index (κ2) is 4.77. The molecule has 0 radical (unpaired) electrons. The molecule has 1 aromatic carbocycles. The minimum Gasteiger partial charge on any atom is -0.395 e. The van der Waals surface area contributed by atoms with Crippen molar-refractivity contribution in [3.05, 3.63) is 28.7 Å². The summed E-state index contributed by atoms with van der Waals surface area (Å²) in [7, 11) is -3.42. The smallest absolute Gasteiger partial charge is 0.234 e. The zero-order valence-electron chi connectivity index (χ0n) is 7.27. The number of nitrogens with one attached hydrogen (secondary N) is 1. The Hall–Kier alpha value is -0.590. The van der Waals surface area contributed by atoms with E-state index in [-0.39, 0.29) is 12.4 Å². The molecular weight excluding hydrogens is 270 g/mol. The Morgan fingerprint density at radius 3 is 2.71 bits per heavy atom. The third-order valence-corrected chi connectivity index (χ3v) is 3.22. The number of aliphatic hydroxyl groups excluding tert-OH is 1. The summed E-state index contributed by atoms with van der Waals surface area (Å²) in [5.74, 6) is -0.292. The van der Waals surface area contributed by atoms with E-state index in [1.165, 1.54) is 0 Å². The first-order valence-corrected chi connectivity index (χ1v) is 6.35. The van der Waals surface area contributed by atoms with E-state index in [2.05, 4.69) is 20.7 Å². The molecule has 6 heteroatoms. The molecule has 0 saturated carbocycles. The van der Waals surface area contributed by atoms with E-state index in [4.69, 9.17) is 5.11 Å². The summed E-state index contributed by atoms with van der Waals surface area (Å²) in [4.78, 5) is 0. The Balaban J connectivity index is 2.79. The van der Waals surface area contributed by atoms with Gasteiger partial charge in [-0.15, -0.1) is 0 Å². The van der Waals surface area contributed by atoms with Gasteiger partial charge in [0.15, 0.2) is 0 Å². The molecule has 1 rings (SSSR count). The molecule has 0 aromatic heterocycles. The molecule has 0 spiro atoms. The van der Waals surface area contributed by atoms with E-state index in [0.29, 0.717) is 5.69 Å². The van der Waals surface area contributed by atoms with Crippen molar-refractivity contribution in [2.24, 2.45) is 0 Å². The lowest BCUT2D eigenvalue weighted by Crippen LogP contribution is -2.18. The second-order valence-corrected chi connectivity index (χ2v) is 5.41. The van der Waals surface area contributed by atoms with E-state index in [1.807, 2.05) is 0 Å². The maximum atomic E-state index is 11.2. The second-order valence-electron chi connectivity index (χ2n) is 2.65. The van der Waals surface area contributed by atoms with E-state index < -0.39 is 10.0 Å². The molecule has 0 atom stereocenters. The quantitative estimate of drug-likeness (QED) is 0.870. The first kappa shape index (κ1) is 11.5. The number of hydrogen-bond donors (Lipinski definition) is 2. The third kappa shape index (κ3) is 3.65.